The van der Waals surface area contributed by atoms with Crippen molar-refractivity contribution in [3.05, 3.63) is 81.4 Å². The van der Waals surface area contributed by atoms with Gasteiger partial charge in [-0.25, -0.2) is 0 Å². The highest BCUT2D eigenvalue weighted by Crippen LogP contribution is 2.69. The molecule has 0 bridgehead atoms. The average molecular weight is 457 g/mol. The first-order valence-corrected chi connectivity index (χ1v) is 13.3. The number of benzene rings is 6. The molecule has 2 heteroatoms. The fourth-order valence-electron chi connectivity index (χ4n) is 10.2. The lowest BCUT2D eigenvalue weighted by Gasteiger charge is -2.50. The Morgan fingerprint density at radius 2 is 1.42 bits per heavy atom. The van der Waals surface area contributed by atoms with Crippen LogP contribution < -0.4 is 11.1 Å². The Balaban J connectivity index is 1.56. The maximum atomic E-state index is 7.93. The van der Waals surface area contributed by atoms with Gasteiger partial charge in [0, 0.05) is 12.0 Å². The lowest BCUT2D eigenvalue weighted by Crippen LogP contribution is -2.57. The Morgan fingerprint density at radius 1 is 0.750 bits per heavy atom. The van der Waals surface area contributed by atoms with Crippen LogP contribution >= 0.6 is 0 Å². The molecule has 2 unspecified atom stereocenters. The van der Waals surface area contributed by atoms with Gasteiger partial charge in [-0.05, 0) is 129 Å². The van der Waals surface area contributed by atoms with Crippen LogP contribution in [0.4, 0.5) is 0 Å². The molecule has 5 aliphatic rings. The van der Waals surface area contributed by atoms with Gasteiger partial charge in [0.25, 0.3) is 0 Å². The van der Waals surface area contributed by atoms with Gasteiger partial charge < -0.3 is 11.1 Å². The maximum absolute atomic E-state index is 7.93. The van der Waals surface area contributed by atoms with Crippen molar-refractivity contribution in [1.29, 1.82) is 0 Å². The van der Waals surface area contributed by atoms with Crippen LogP contribution in [0.25, 0.3) is 76.3 Å². The summed E-state index contributed by atoms with van der Waals surface area (Å²) in [7, 11) is 2.08. The van der Waals surface area contributed by atoms with Crippen molar-refractivity contribution in [2.75, 3.05) is 13.6 Å². The lowest BCUT2D eigenvalue weighted by atomic mass is 9.57. The van der Waals surface area contributed by atoms with Crippen LogP contribution in [0.1, 0.15) is 38.9 Å². The van der Waals surface area contributed by atoms with Crippen LogP contribution in [-0.2, 0) is 18.4 Å². The van der Waals surface area contributed by atoms with E-state index in [0.29, 0.717) is 0 Å². The summed E-state index contributed by atoms with van der Waals surface area (Å²) in [6.45, 7) is 0.842. The largest absolute Gasteiger partial charge is 0.318 e. The summed E-state index contributed by atoms with van der Waals surface area (Å²) in [5, 5.41) is 21.5. The molecule has 0 aliphatic heterocycles. The molecule has 36 heavy (non-hydrogen) atoms. The normalized spacial score (nSPS) is 25.8. The summed E-state index contributed by atoms with van der Waals surface area (Å²) in [5.74, 6) is 0. The monoisotopic (exact) mass is 456 g/mol. The number of hydrogen-bond acceptors (Lipinski definition) is 2. The van der Waals surface area contributed by atoms with E-state index >= 15 is 0 Å². The van der Waals surface area contributed by atoms with Gasteiger partial charge in [-0.2, -0.15) is 0 Å². The van der Waals surface area contributed by atoms with E-state index in [1.54, 1.807) is 0 Å². The molecule has 0 aromatic heterocycles. The lowest BCUT2D eigenvalue weighted by molar-refractivity contribution is 0.284. The minimum atomic E-state index is -0.543. The summed E-state index contributed by atoms with van der Waals surface area (Å²) in [4.78, 5) is 0. The van der Waals surface area contributed by atoms with Gasteiger partial charge in [0.15, 0.2) is 0 Å². The summed E-state index contributed by atoms with van der Waals surface area (Å²) in [5.41, 5.74) is 18.8. The first kappa shape index (κ1) is 16.9. The number of nitrogens with one attached hydrogen (secondary N) is 1. The number of hydrogen-bond donors (Lipinski definition) is 2. The van der Waals surface area contributed by atoms with Gasteiger partial charge in [-0.3, -0.25) is 0 Å². The van der Waals surface area contributed by atoms with E-state index in [0.717, 1.165) is 19.4 Å². The zero-order valence-corrected chi connectivity index (χ0v) is 19.8. The SMILES string of the molecule is CNCC12C=Cc3cc4c5c6c3C1(N)c1c3c7c(cc8ccc9cc(c5c5c9c8c7c5c16)C4)CC3=C2. The second-order valence-corrected chi connectivity index (χ2v) is 12.3. The summed E-state index contributed by atoms with van der Waals surface area (Å²) >= 11 is 0. The Morgan fingerprint density at radius 3 is 2.22 bits per heavy atom. The van der Waals surface area contributed by atoms with Crippen LogP contribution in [0, 0.1) is 5.41 Å². The van der Waals surface area contributed by atoms with E-state index in [1.807, 2.05) is 0 Å². The minimum absolute atomic E-state index is 0.263. The highest BCUT2D eigenvalue weighted by Gasteiger charge is 2.59. The van der Waals surface area contributed by atoms with E-state index in [9.17, 15) is 0 Å². The molecule has 0 saturated heterocycles. The highest BCUT2D eigenvalue weighted by atomic mass is 14.9. The zero-order valence-electron chi connectivity index (χ0n) is 19.8. The summed E-state index contributed by atoms with van der Waals surface area (Å²) in [6, 6.07) is 12.2. The fourth-order valence-corrected chi connectivity index (χ4v) is 10.2. The molecular weight excluding hydrogens is 436 g/mol. The molecule has 2 atom stereocenters. The van der Waals surface area contributed by atoms with Gasteiger partial charge >= 0.3 is 0 Å². The van der Waals surface area contributed by atoms with Crippen LogP contribution in [0.15, 0.2) is 42.5 Å². The molecule has 7 aromatic carbocycles. The van der Waals surface area contributed by atoms with Crippen molar-refractivity contribution in [3.8, 4) is 0 Å². The van der Waals surface area contributed by atoms with Crippen molar-refractivity contribution >= 4 is 76.3 Å². The number of nitrogens with two attached hydrogens (primary N) is 1. The molecule has 5 aliphatic carbocycles. The fraction of sp³-hybridized carbons (Fsp3) is 0.176. The van der Waals surface area contributed by atoms with Crippen molar-refractivity contribution in [2.45, 2.75) is 18.4 Å². The molecule has 0 fully saturated rings. The van der Waals surface area contributed by atoms with E-state index in [4.69, 9.17) is 5.73 Å². The van der Waals surface area contributed by atoms with Gasteiger partial charge in [0.2, 0.25) is 0 Å². The Labute approximate surface area is 206 Å². The molecule has 12 rings (SSSR count). The van der Waals surface area contributed by atoms with Crippen LogP contribution in [-0.4, -0.2) is 13.6 Å². The third kappa shape index (κ3) is 1.23. The number of rotatable bonds is 2. The second-order valence-electron chi connectivity index (χ2n) is 12.3. The van der Waals surface area contributed by atoms with Crippen LogP contribution in [0.5, 0.6) is 0 Å². The summed E-state index contributed by atoms with van der Waals surface area (Å²) < 4.78 is 0. The third-order valence-electron chi connectivity index (χ3n) is 11.1. The van der Waals surface area contributed by atoms with Crippen molar-refractivity contribution in [3.63, 3.8) is 0 Å². The first-order valence-electron chi connectivity index (χ1n) is 13.3. The van der Waals surface area contributed by atoms with E-state index in [-0.39, 0.29) is 5.41 Å². The van der Waals surface area contributed by atoms with E-state index in [2.05, 4.69) is 60.9 Å². The standard InChI is InChI=1S/C34H20N2/c1-36-12-33-5-4-15-8-18-9-16-6-13-2-3-14-7-17-10-19(11-33)25-24(17)27-21(14)20(13)26-22(16)23(18)29-30(28(26)27)32(25)34(33,35)31(15)29/h2-8,11,36H,9-10,12,35H2,1H3. The molecule has 0 amide bonds. The number of allylic oxidation sites excluding steroid dienone is 1. The Bertz CT molecular complexity index is 2380. The van der Waals surface area contributed by atoms with Gasteiger partial charge in [0.05, 0.1) is 5.54 Å². The van der Waals surface area contributed by atoms with Crippen molar-refractivity contribution in [2.24, 2.45) is 11.1 Å². The average Bonchev–Trinajstić information content (AvgIpc) is 3.58. The predicted molar refractivity (Wildman–Crippen MR) is 150 cm³/mol. The van der Waals surface area contributed by atoms with Crippen LogP contribution in [0.2, 0.25) is 0 Å². The Hall–Kier alpha value is -3.72. The summed E-state index contributed by atoms with van der Waals surface area (Å²) in [6.07, 6.45) is 9.45. The predicted octanol–water partition coefficient (Wildman–Crippen LogP) is 6.52. The van der Waals surface area contributed by atoms with Gasteiger partial charge in [-0.1, -0.05) is 48.6 Å². The molecule has 2 nitrogen and oxygen atoms in total. The molecular formula is C34H20N2. The molecule has 0 saturated carbocycles. The quantitative estimate of drug-likeness (QED) is 0.291. The third-order valence-corrected chi connectivity index (χ3v) is 11.1. The topological polar surface area (TPSA) is 38.0 Å². The minimum Gasteiger partial charge on any atom is -0.318 e. The van der Waals surface area contributed by atoms with Crippen molar-refractivity contribution in [1.82, 2.24) is 5.32 Å². The van der Waals surface area contributed by atoms with Crippen LogP contribution in [0.3, 0.4) is 0 Å². The first-order chi connectivity index (χ1) is 17.6. The smallest absolute Gasteiger partial charge is 0.0830 e. The second kappa shape index (κ2) is 4.45. The van der Waals surface area contributed by atoms with Crippen molar-refractivity contribution < 1.29 is 0 Å². The van der Waals surface area contributed by atoms with Gasteiger partial charge in [-0.15, -0.1) is 0 Å². The van der Waals surface area contributed by atoms with E-state index in [1.165, 1.54) is 109 Å². The molecule has 0 spiro atoms. The molecule has 3 N–H and O–H groups in total. The molecule has 7 aromatic rings. The maximum Gasteiger partial charge on any atom is 0.0830 e. The molecule has 0 heterocycles. The molecule has 0 radical (unpaired) electrons. The zero-order chi connectivity index (χ0) is 23.0. The van der Waals surface area contributed by atoms with E-state index < -0.39 is 5.54 Å². The highest BCUT2D eigenvalue weighted by molar-refractivity contribution is 6.51. The Kier molecular flexibility index (Phi) is 2.08. The molecule has 166 valence electrons. The van der Waals surface area contributed by atoms with Gasteiger partial charge in [0.1, 0.15) is 0 Å².